The SMILES string of the molecule is CC(=O)N(O)CNC(=O)CC(=O)N(O)CNC(=O)CC(=O)N(O)CNC(=O)C12CC3CC(C)(CC(C)(C3)C1)C2. The highest BCUT2D eigenvalue weighted by atomic mass is 16.5. The standard InChI is InChI=1S/C24H38N6O9/c1-15(31)28(37)12-25-17(32)4-19(34)29(38)13-26-18(33)5-20(35)30(39)14-27-21(36)24-8-16-6-22(2,10-24)9-23(3,7-16)11-24/h16,37-39H,4-14H2,1-3H3,(H,25,32)(H,26,33)(H,27,36). The summed E-state index contributed by atoms with van der Waals surface area (Å²) in [5, 5.41) is 36.2. The van der Waals surface area contributed by atoms with Gasteiger partial charge in [-0.25, -0.2) is 15.2 Å². The van der Waals surface area contributed by atoms with E-state index >= 15 is 0 Å². The van der Waals surface area contributed by atoms with Gasteiger partial charge in [0.1, 0.15) is 32.8 Å². The minimum absolute atomic E-state index is 0.0348. The molecule has 0 radical (unpaired) electrons. The van der Waals surface area contributed by atoms with E-state index in [4.69, 9.17) is 5.21 Å². The van der Waals surface area contributed by atoms with Gasteiger partial charge in [0.15, 0.2) is 0 Å². The first-order valence-corrected chi connectivity index (χ1v) is 12.8. The number of nitrogens with one attached hydrogen (secondary N) is 3. The van der Waals surface area contributed by atoms with Crippen molar-refractivity contribution in [3.05, 3.63) is 0 Å². The molecule has 0 aromatic heterocycles. The summed E-state index contributed by atoms with van der Waals surface area (Å²) in [6, 6.07) is 0. The molecule has 39 heavy (non-hydrogen) atoms. The van der Waals surface area contributed by atoms with E-state index in [0.29, 0.717) is 5.92 Å². The highest BCUT2D eigenvalue weighted by Gasteiger charge is 2.62. The molecule has 4 aliphatic rings. The van der Waals surface area contributed by atoms with Gasteiger partial charge in [0.25, 0.3) is 11.8 Å². The van der Waals surface area contributed by atoms with E-state index in [-0.39, 0.29) is 31.9 Å². The summed E-state index contributed by atoms with van der Waals surface area (Å²) in [7, 11) is 0. The van der Waals surface area contributed by atoms with Gasteiger partial charge in [0.2, 0.25) is 23.6 Å². The second kappa shape index (κ2) is 11.4. The van der Waals surface area contributed by atoms with E-state index in [0.717, 1.165) is 45.4 Å². The van der Waals surface area contributed by atoms with Crippen LogP contribution in [0, 0.1) is 22.2 Å². The van der Waals surface area contributed by atoms with Crippen molar-refractivity contribution in [1.29, 1.82) is 0 Å². The smallest absolute Gasteiger partial charge is 0.257 e. The highest BCUT2D eigenvalue weighted by molar-refractivity contribution is 5.98. The summed E-state index contributed by atoms with van der Waals surface area (Å²) in [4.78, 5) is 71.8. The summed E-state index contributed by atoms with van der Waals surface area (Å²) in [5.74, 6) is -4.40. The van der Waals surface area contributed by atoms with Crippen molar-refractivity contribution in [2.45, 2.75) is 72.1 Å². The highest BCUT2D eigenvalue weighted by Crippen LogP contribution is 2.69. The van der Waals surface area contributed by atoms with Crippen molar-refractivity contribution in [3.63, 3.8) is 0 Å². The van der Waals surface area contributed by atoms with Gasteiger partial charge < -0.3 is 16.0 Å². The molecule has 6 N–H and O–H groups in total. The second-order valence-corrected chi connectivity index (χ2v) is 11.9. The first-order chi connectivity index (χ1) is 18.1. The summed E-state index contributed by atoms with van der Waals surface area (Å²) >= 11 is 0. The van der Waals surface area contributed by atoms with Gasteiger partial charge in [0, 0.05) is 6.92 Å². The molecule has 15 heteroatoms. The van der Waals surface area contributed by atoms with Gasteiger partial charge in [-0.15, -0.1) is 0 Å². The number of hydrogen-bond acceptors (Lipinski definition) is 9. The molecule has 0 spiro atoms. The Bertz CT molecular complexity index is 1020. The molecule has 0 aromatic rings. The Morgan fingerprint density at radius 2 is 1.13 bits per heavy atom. The third-order valence-electron chi connectivity index (χ3n) is 7.91. The predicted octanol–water partition coefficient (Wildman–Crippen LogP) is -0.342. The normalized spacial score (nSPS) is 28.3. The maximum atomic E-state index is 13.2. The van der Waals surface area contributed by atoms with Crippen molar-refractivity contribution in [2.75, 3.05) is 20.0 Å². The average Bonchev–Trinajstić information content (AvgIpc) is 2.81. The van der Waals surface area contributed by atoms with Crippen LogP contribution >= 0.6 is 0 Å². The molecule has 4 bridgehead atoms. The molecule has 0 aromatic carbocycles. The fourth-order valence-electron chi connectivity index (χ4n) is 7.23. The second-order valence-electron chi connectivity index (χ2n) is 11.9. The number of carbonyl (C=O) groups is 6. The summed E-state index contributed by atoms with van der Waals surface area (Å²) in [6.45, 7) is 3.71. The number of carbonyl (C=O) groups excluding carboxylic acids is 6. The monoisotopic (exact) mass is 554 g/mol. The van der Waals surface area contributed by atoms with E-state index in [9.17, 15) is 39.2 Å². The number of nitrogens with zero attached hydrogens (tertiary/aromatic N) is 3. The molecular formula is C24H38N6O9. The summed E-state index contributed by atoms with van der Waals surface area (Å²) in [6.07, 6.45) is 4.00. The molecule has 0 saturated heterocycles. The summed E-state index contributed by atoms with van der Waals surface area (Å²) < 4.78 is 0. The third-order valence-corrected chi connectivity index (χ3v) is 7.91. The van der Waals surface area contributed by atoms with E-state index in [1.165, 1.54) is 0 Å². The van der Waals surface area contributed by atoms with Crippen molar-refractivity contribution in [1.82, 2.24) is 31.1 Å². The summed E-state index contributed by atoms with van der Waals surface area (Å²) in [5.41, 5.74) is -0.302. The Balaban J connectivity index is 1.38. The fourth-order valence-corrected chi connectivity index (χ4v) is 7.23. The first-order valence-electron chi connectivity index (χ1n) is 12.8. The minimum atomic E-state index is -1.11. The molecule has 4 rings (SSSR count). The molecule has 4 fully saturated rings. The van der Waals surface area contributed by atoms with Crippen molar-refractivity contribution in [3.8, 4) is 0 Å². The molecule has 2 atom stereocenters. The Labute approximate surface area is 225 Å². The largest absolute Gasteiger partial charge is 0.336 e. The Morgan fingerprint density at radius 3 is 1.56 bits per heavy atom. The molecular weight excluding hydrogens is 516 g/mol. The molecule has 218 valence electrons. The fraction of sp³-hybridized carbons (Fsp3) is 0.750. The zero-order chi connectivity index (χ0) is 29.2. The van der Waals surface area contributed by atoms with Gasteiger partial charge in [-0.2, -0.15) is 0 Å². The van der Waals surface area contributed by atoms with E-state index in [2.05, 4.69) is 29.8 Å². The topological polar surface area (TPSA) is 209 Å². The lowest BCUT2D eigenvalue weighted by atomic mass is 9.40. The molecule has 0 heterocycles. The molecule has 2 unspecified atom stereocenters. The predicted molar refractivity (Wildman–Crippen MR) is 130 cm³/mol. The van der Waals surface area contributed by atoms with Gasteiger partial charge in [-0.1, -0.05) is 13.8 Å². The third kappa shape index (κ3) is 7.42. The number of hydrogen-bond donors (Lipinski definition) is 6. The van der Waals surface area contributed by atoms with Crippen molar-refractivity contribution >= 4 is 35.4 Å². The Morgan fingerprint density at radius 1 is 0.692 bits per heavy atom. The Kier molecular flexibility index (Phi) is 8.87. The lowest BCUT2D eigenvalue weighted by molar-refractivity contribution is -0.178. The van der Waals surface area contributed by atoms with Gasteiger partial charge >= 0.3 is 0 Å². The number of rotatable bonds is 11. The van der Waals surface area contributed by atoms with Gasteiger partial charge in [-0.05, 0) is 55.3 Å². The number of amides is 6. The van der Waals surface area contributed by atoms with E-state index in [1.54, 1.807) is 0 Å². The molecule has 4 aliphatic carbocycles. The first kappa shape index (κ1) is 30.2. The quantitative estimate of drug-likeness (QED) is 0.0852. The van der Waals surface area contributed by atoms with Crippen LogP contribution in [-0.4, -0.2) is 86.3 Å². The van der Waals surface area contributed by atoms with Gasteiger partial charge in [0.05, 0.1) is 5.41 Å². The van der Waals surface area contributed by atoms with Crippen LogP contribution in [0.2, 0.25) is 0 Å². The average molecular weight is 555 g/mol. The molecule has 6 amide bonds. The maximum absolute atomic E-state index is 13.2. The van der Waals surface area contributed by atoms with Crippen LogP contribution in [-0.2, 0) is 28.8 Å². The minimum Gasteiger partial charge on any atom is -0.336 e. The van der Waals surface area contributed by atoms with Crippen LogP contribution in [0.25, 0.3) is 0 Å². The van der Waals surface area contributed by atoms with Crippen molar-refractivity contribution in [2.24, 2.45) is 22.2 Å². The number of hydroxylamine groups is 6. The lowest BCUT2D eigenvalue weighted by Crippen LogP contribution is -2.60. The molecule has 15 nitrogen and oxygen atoms in total. The maximum Gasteiger partial charge on any atom is 0.257 e. The van der Waals surface area contributed by atoms with Crippen LogP contribution in [0.3, 0.4) is 0 Å². The van der Waals surface area contributed by atoms with E-state index in [1.807, 2.05) is 0 Å². The van der Waals surface area contributed by atoms with Crippen molar-refractivity contribution < 1.29 is 44.4 Å². The Hall–Kier alpha value is -3.30. The van der Waals surface area contributed by atoms with Crippen LogP contribution in [0.15, 0.2) is 0 Å². The van der Waals surface area contributed by atoms with Gasteiger partial charge in [-0.3, -0.25) is 44.4 Å². The lowest BCUT2D eigenvalue weighted by Gasteiger charge is -2.64. The zero-order valence-corrected chi connectivity index (χ0v) is 22.5. The zero-order valence-electron chi connectivity index (χ0n) is 22.5. The van der Waals surface area contributed by atoms with Crippen LogP contribution in [0.5, 0.6) is 0 Å². The van der Waals surface area contributed by atoms with Crippen LogP contribution in [0.4, 0.5) is 0 Å². The molecule has 0 aliphatic heterocycles. The molecule has 4 saturated carbocycles. The van der Waals surface area contributed by atoms with Crippen LogP contribution in [0.1, 0.15) is 72.1 Å². The van der Waals surface area contributed by atoms with Crippen LogP contribution < -0.4 is 16.0 Å². The van der Waals surface area contributed by atoms with E-state index < -0.39 is 67.8 Å².